The summed E-state index contributed by atoms with van der Waals surface area (Å²) >= 11 is 1.83. The summed E-state index contributed by atoms with van der Waals surface area (Å²) in [5.41, 5.74) is 1.73. The number of nitrogens with zero attached hydrogens (tertiary/aromatic N) is 2. The highest BCUT2D eigenvalue weighted by molar-refractivity contribution is 7.99. The van der Waals surface area contributed by atoms with Crippen molar-refractivity contribution >= 4 is 17.4 Å². The molecule has 0 aromatic heterocycles. The number of thioether (sulfide) groups is 1. The zero-order valence-electron chi connectivity index (χ0n) is 10.9. The lowest BCUT2D eigenvalue weighted by Crippen LogP contribution is -2.21. The van der Waals surface area contributed by atoms with Gasteiger partial charge in [0.1, 0.15) is 6.07 Å². The third kappa shape index (κ3) is 3.77. The van der Waals surface area contributed by atoms with E-state index in [0.717, 1.165) is 23.5 Å². The van der Waals surface area contributed by atoms with Gasteiger partial charge in [-0.15, -0.1) is 11.8 Å². The van der Waals surface area contributed by atoms with Crippen molar-refractivity contribution in [3.63, 3.8) is 0 Å². The highest BCUT2D eigenvalue weighted by Crippen LogP contribution is 2.21. The van der Waals surface area contributed by atoms with E-state index in [-0.39, 0.29) is 0 Å². The molecule has 0 aliphatic carbocycles. The standard InChI is InChI=1S/C16H16N2S/c1-18(16-10-6-5-7-14(16)13-17)11-12-19-15-8-3-2-4-9-15/h2-10H,11-12H2,1H3. The fraction of sp³-hybridized carbons (Fsp3) is 0.188. The average Bonchev–Trinajstić information content (AvgIpc) is 2.48. The highest BCUT2D eigenvalue weighted by Gasteiger charge is 2.06. The normalized spacial score (nSPS) is 9.89. The van der Waals surface area contributed by atoms with E-state index in [1.807, 2.05) is 49.1 Å². The van der Waals surface area contributed by atoms with Crippen LogP contribution in [0.1, 0.15) is 5.56 Å². The van der Waals surface area contributed by atoms with E-state index < -0.39 is 0 Å². The van der Waals surface area contributed by atoms with Crippen molar-refractivity contribution in [1.29, 1.82) is 5.26 Å². The van der Waals surface area contributed by atoms with Crippen molar-refractivity contribution in [2.75, 3.05) is 24.2 Å². The SMILES string of the molecule is CN(CCSc1ccccc1)c1ccccc1C#N. The molecule has 3 heteroatoms. The van der Waals surface area contributed by atoms with Crippen LogP contribution in [0, 0.1) is 11.3 Å². The molecule has 0 heterocycles. The largest absolute Gasteiger partial charge is 0.373 e. The lowest BCUT2D eigenvalue weighted by atomic mass is 10.2. The molecule has 0 atom stereocenters. The summed E-state index contributed by atoms with van der Waals surface area (Å²) < 4.78 is 0. The van der Waals surface area contributed by atoms with Crippen LogP contribution in [0.2, 0.25) is 0 Å². The summed E-state index contributed by atoms with van der Waals surface area (Å²) in [6.45, 7) is 0.915. The fourth-order valence-electron chi connectivity index (χ4n) is 1.84. The van der Waals surface area contributed by atoms with Gasteiger partial charge in [0.15, 0.2) is 0 Å². The summed E-state index contributed by atoms with van der Waals surface area (Å²) in [4.78, 5) is 3.42. The first-order chi connectivity index (χ1) is 9.31. The lowest BCUT2D eigenvalue weighted by Gasteiger charge is -2.20. The molecule has 2 nitrogen and oxygen atoms in total. The Morgan fingerprint density at radius 1 is 1.05 bits per heavy atom. The molecular formula is C16H16N2S. The van der Waals surface area contributed by atoms with Gasteiger partial charge in [0.25, 0.3) is 0 Å². The first kappa shape index (κ1) is 13.5. The van der Waals surface area contributed by atoms with E-state index in [9.17, 15) is 0 Å². The van der Waals surface area contributed by atoms with Crippen LogP contribution in [-0.4, -0.2) is 19.3 Å². The zero-order valence-corrected chi connectivity index (χ0v) is 11.7. The van der Waals surface area contributed by atoms with Gasteiger partial charge in [-0.25, -0.2) is 0 Å². The Hall–Kier alpha value is -1.92. The van der Waals surface area contributed by atoms with Crippen molar-refractivity contribution in [2.45, 2.75) is 4.90 Å². The topological polar surface area (TPSA) is 27.0 Å². The van der Waals surface area contributed by atoms with Gasteiger partial charge in [-0.05, 0) is 24.3 Å². The predicted octanol–water partition coefficient (Wildman–Crippen LogP) is 3.79. The first-order valence-corrected chi connectivity index (χ1v) is 7.18. The van der Waals surface area contributed by atoms with E-state index in [4.69, 9.17) is 5.26 Å². The van der Waals surface area contributed by atoms with E-state index in [1.165, 1.54) is 4.90 Å². The van der Waals surface area contributed by atoms with E-state index in [1.54, 1.807) is 0 Å². The number of rotatable bonds is 5. The summed E-state index contributed by atoms with van der Waals surface area (Å²) in [6.07, 6.45) is 0. The van der Waals surface area contributed by atoms with Gasteiger partial charge in [-0.1, -0.05) is 30.3 Å². The molecule has 2 aromatic carbocycles. The van der Waals surface area contributed by atoms with Crippen molar-refractivity contribution < 1.29 is 0 Å². The van der Waals surface area contributed by atoms with Gasteiger partial charge in [0.2, 0.25) is 0 Å². The molecular weight excluding hydrogens is 252 g/mol. The maximum Gasteiger partial charge on any atom is 0.101 e. The summed E-state index contributed by atoms with van der Waals surface area (Å²) in [6, 6.07) is 20.3. The molecule has 0 aliphatic rings. The van der Waals surface area contributed by atoms with Crippen LogP contribution in [-0.2, 0) is 0 Å². The van der Waals surface area contributed by atoms with E-state index in [2.05, 4.69) is 35.2 Å². The van der Waals surface area contributed by atoms with Crippen LogP contribution >= 0.6 is 11.8 Å². The molecule has 0 radical (unpaired) electrons. The van der Waals surface area contributed by atoms with Gasteiger partial charge < -0.3 is 4.90 Å². The van der Waals surface area contributed by atoms with Crippen molar-refractivity contribution in [3.05, 3.63) is 60.2 Å². The fourth-order valence-corrected chi connectivity index (χ4v) is 2.79. The molecule has 0 N–H and O–H groups in total. The number of hydrogen-bond donors (Lipinski definition) is 0. The first-order valence-electron chi connectivity index (χ1n) is 6.19. The maximum atomic E-state index is 9.09. The van der Waals surface area contributed by atoms with Crippen LogP contribution in [0.5, 0.6) is 0 Å². The lowest BCUT2D eigenvalue weighted by molar-refractivity contribution is 0.974. The molecule has 0 bridgehead atoms. The number of hydrogen-bond acceptors (Lipinski definition) is 3. The van der Waals surface area contributed by atoms with Gasteiger partial charge in [-0.3, -0.25) is 0 Å². The van der Waals surface area contributed by atoms with Crippen LogP contribution < -0.4 is 4.90 Å². The summed E-state index contributed by atoms with van der Waals surface area (Å²) in [5, 5.41) is 9.09. The Balaban J connectivity index is 1.91. The third-order valence-corrected chi connectivity index (χ3v) is 3.87. The van der Waals surface area contributed by atoms with Crippen LogP contribution in [0.15, 0.2) is 59.5 Å². The second-order valence-corrected chi connectivity index (χ2v) is 5.38. The minimum absolute atomic E-state index is 0.731. The average molecular weight is 268 g/mol. The van der Waals surface area contributed by atoms with Gasteiger partial charge >= 0.3 is 0 Å². The van der Waals surface area contributed by atoms with Crippen molar-refractivity contribution in [1.82, 2.24) is 0 Å². The Morgan fingerprint density at radius 2 is 1.74 bits per heavy atom. The number of nitriles is 1. The third-order valence-electron chi connectivity index (χ3n) is 2.87. The second kappa shape index (κ2) is 6.86. The van der Waals surface area contributed by atoms with Gasteiger partial charge in [0.05, 0.1) is 11.3 Å². The van der Waals surface area contributed by atoms with Crippen molar-refractivity contribution in [2.24, 2.45) is 0 Å². The van der Waals surface area contributed by atoms with E-state index in [0.29, 0.717) is 0 Å². The predicted molar refractivity (Wildman–Crippen MR) is 81.6 cm³/mol. The number of anilines is 1. The van der Waals surface area contributed by atoms with E-state index >= 15 is 0 Å². The number of benzene rings is 2. The zero-order chi connectivity index (χ0) is 13.5. The van der Waals surface area contributed by atoms with Crippen LogP contribution in [0.4, 0.5) is 5.69 Å². The molecule has 2 aromatic rings. The second-order valence-electron chi connectivity index (χ2n) is 4.21. The molecule has 0 fully saturated rings. The Bertz CT molecular complexity index is 560. The Kier molecular flexibility index (Phi) is 4.88. The molecule has 2 rings (SSSR count). The molecule has 0 aliphatic heterocycles. The molecule has 19 heavy (non-hydrogen) atoms. The molecule has 96 valence electrons. The summed E-state index contributed by atoms with van der Waals surface area (Å²) in [7, 11) is 2.03. The quantitative estimate of drug-likeness (QED) is 0.772. The van der Waals surface area contributed by atoms with Gasteiger partial charge in [-0.2, -0.15) is 5.26 Å². The Morgan fingerprint density at radius 3 is 2.47 bits per heavy atom. The molecule has 0 spiro atoms. The minimum atomic E-state index is 0.731. The van der Waals surface area contributed by atoms with Crippen LogP contribution in [0.25, 0.3) is 0 Å². The molecule has 0 saturated carbocycles. The Labute approximate surface area is 118 Å². The summed E-state index contributed by atoms with van der Waals surface area (Å²) in [5.74, 6) is 1.00. The smallest absolute Gasteiger partial charge is 0.101 e. The minimum Gasteiger partial charge on any atom is -0.373 e. The maximum absolute atomic E-state index is 9.09. The number of para-hydroxylation sites is 1. The monoisotopic (exact) mass is 268 g/mol. The highest BCUT2D eigenvalue weighted by atomic mass is 32.2. The van der Waals surface area contributed by atoms with Crippen LogP contribution in [0.3, 0.4) is 0 Å². The van der Waals surface area contributed by atoms with Gasteiger partial charge in [0, 0.05) is 24.2 Å². The molecule has 0 unspecified atom stereocenters. The molecule has 0 amide bonds. The van der Waals surface area contributed by atoms with Crippen molar-refractivity contribution in [3.8, 4) is 6.07 Å². The molecule has 0 saturated heterocycles.